The summed E-state index contributed by atoms with van der Waals surface area (Å²) in [5.41, 5.74) is 3.31. The number of rotatable bonds is 6. The molecule has 0 spiro atoms. The summed E-state index contributed by atoms with van der Waals surface area (Å²) in [7, 11) is 0. The third-order valence-corrected chi connectivity index (χ3v) is 6.88. The van der Waals surface area contributed by atoms with Gasteiger partial charge in [-0.25, -0.2) is 15.0 Å². The van der Waals surface area contributed by atoms with Crippen LogP contribution in [0.25, 0.3) is 34.3 Å². The monoisotopic (exact) mass is 508 g/mol. The van der Waals surface area contributed by atoms with Crippen LogP contribution in [0.3, 0.4) is 0 Å². The fourth-order valence-electron chi connectivity index (χ4n) is 3.70. The van der Waals surface area contributed by atoms with E-state index in [1.165, 1.54) is 0 Å². The lowest BCUT2D eigenvalue weighted by molar-refractivity contribution is -0.0499. The number of nitrogens with zero attached hydrogens (tertiary/aromatic N) is 4. The number of benzene rings is 2. The second-order valence-electron chi connectivity index (χ2n) is 9.87. The fourth-order valence-corrected chi connectivity index (χ4v) is 3.70. The van der Waals surface area contributed by atoms with E-state index in [0.717, 1.165) is 35.2 Å². The Labute approximate surface area is 228 Å². The summed E-state index contributed by atoms with van der Waals surface area (Å²) >= 11 is 0. The molecule has 5 nitrogen and oxygen atoms in total. The summed E-state index contributed by atoms with van der Waals surface area (Å²) in [6, 6.07) is 23.8. The van der Waals surface area contributed by atoms with Crippen molar-refractivity contribution in [1.29, 1.82) is 0 Å². The molecule has 198 valence electrons. The molecule has 0 atom stereocenters. The van der Waals surface area contributed by atoms with Crippen LogP contribution in [0.4, 0.5) is 0 Å². The molecule has 0 saturated carbocycles. The molecule has 2 aromatic carbocycles. The number of pyridine rings is 1. The molecule has 0 unspecified atom stereocenters. The van der Waals surface area contributed by atoms with Crippen LogP contribution in [0.1, 0.15) is 59.9 Å². The van der Waals surface area contributed by atoms with Crippen LogP contribution in [0, 0.1) is 24.7 Å². The molecule has 0 aliphatic heterocycles. The molecule has 4 aromatic rings. The standard InChI is InChI=1S/C21H16N4.C9H20O.C3H4/c1-15-12-13-22-18(14-15)21-24-19(16-8-4-2-5-9-16)23-20(25-21)17-10-6-3-7-11-17;1-6-9(5,7-2)8(3,4)10;1-3-2/h2-14H,1H3;10H,6-7H2,1-5H3;1H,2H3. The molecule has 38 heavy (non-hydrogen) atoms. The summed E-state index contributed by atoms with van der Waals surface area (Å²) in [5.74, 6) is 4.12. The molecule has 0 radical (unpaired) electrons. The Morgan fingerprint density at radius 3 is 1.53 bits per heavy atom. The van der Waals surface area contributed by atoms with Crippen molar-refractivity contribution in [2.75, 3.05) is 0 Å². The van der Waals surface area contributed by atoms with Gasteiger partial charge in [-0.1, -0.05) is 81.4 Å². The lowest BCUT2D eigenvalue weighted by Gasteiger charge is -2.39. The molecule has 0 fully saturated rings. The highest BCUT2D eigenvalue weighted by Crippen LogP contribution is 2.37. The summed E-state index contributed by atoms with van der Waals surface area (Å²) in [5, 5.41) is 9.74. The maximum absolute atomic E-state index is 9.74. The Kier molecular flexibility index (Phi) is 11.3. The molecule has 0 saturated heterocycles. The first-order valence-electron chi connectivity index (χ1n) is 13.0. The van der Waals surface area contributed by atoms with E-state index < -0.39 is 5.60 Å². The Morgan fingerprint density at radius 1 is 0.763 bits per heavy atom. The van der Waals surface area contributed by atoms with E-state index in [4.69, 9.17) is 0 Å². The predicted octanol–water partition coefficient (Wildman–Crippen LogP) is 7.80. The van der Waals surface area contributed by atoms with Gasteiger partial charge in [-0.3, -0.25) is 4.98 Å². The molecular weight excluding hydrogens is 468 g/mol. The minimum absolute atomic E-state index is 0.0764. The molecule has 2 aromatic heterocycles. The van der Waals surface area contributed by atoms with Gasteiger partial charge in [-0.05, 0) is 63.6 Å². The van der Waals surface area contributed by atoms with Gasteiger partial charge >= 0.3 is 0 Å². The largest absolute Gasteiger partial charge is 0.390 e. The van der Waals surface area contributed by atoms with Crippen LogP contribution in [0.2, 0.25) is 0 Å². The van der Waals surface area contributed by atoms with Crippen LogP contribution in [0.5, 0.6) is 0 Å². The third kappa shape index (κ3) is 8.33. The van der Waals surface area contributed by atoms with Crippen molar-refractivity contribution in [2.24, 2.45) is 5.41 Å². The smallest absolute Gasteiger partial charge is 0.182 e. The first-order chi connectivity index (χ1) is 18.1. The first-order valence-corrected chi connectivity index (χ1v) is 13.0. The van der Waals surface area contributed by atoms with Gasteiger partial charge in [0, 0.05) is 17.3 Å². The van der Waals surface area contributed by atoms with Crippen molar-refractivity contribution in [2.45, 2.75) is 66.9 Å². The van der Waals surface area contributed by atoms with Crippen molar-refractivity contribution in [3.05, 3.63) is 84.6 Å². The quantitative estimate of drug-likeness (QED) is 0.269. The van der Waals surface area contributed by atoms with Gasteiger partial charge in [0.25, 0.3) is 0 Å². The molecule has 1 N–H and O–H groups in total. The number of hydrogen-bond donors (Lipinski definition) is 1. The van der Waals surface area contributed by atoms with Crippen molar-refractivity contribution in [1.82, 2.24) is 19.9 Å². The Bertz CT molecular complexity index is 1240. The average Bonchev–Trinajstić information content (AvgIpc) is 2.93. The van der Waals surface area contributed by atoms with E-state index in [9.17, 15) is 5.11 Å². The van der Waals surface area contributed by atoms with Crippen molar-refractivity contribution < 1.29 is 5.11 Å². The number of aliphatic hydroxyl groups is 1. The zero-order valence-corrected chi connectivity index (χ0v) is 23.7. The summed E-state index contributed by atoms with van der Waals surface area (Å²) < 4.78 is 0. The predicted molar refractivity (Wildman–Crippen MR) is 158 cm³/mol. The van der Waals surface area contributed by atoms with Gasteiger partial charge < -0.3 is 5.11 Å². The van der Waals surface area contributed by atoms with Gasteiger partial charge in [0.15, 0.2) is 17.5 Å². The van der Waals surface area contributed by atoms with Crippen LogP contribution < -0.4 is 0 Å². The molecule has 0 amide bonds. The van der Waals surface area contributed by atoms with E-state index in [1.54, 1.807) is 13.1 Å². The minimum atomic E-state index is -0.545. The number of hydrogen-bond acceptors (Lipinski definition) is 5. The number of aromatic nitrogens is 4. The summed E-state index contributed by atoms with van der Waals surface area (Å²) in [4.78, 5) is 18.4. The van der Waals surface area contributed by atoms with E-state index >= 15 is 0 Å². The Hall–Kier alpha value is -3.88. The molecule has 5 heteroatoms. The second kappa shape index (κ2) is 14.2. The van der Waals surface area contributed by atoms with Gasteiger partial charge in [0.05, 0.1) is 5.60 Å². The zero-order chi connectivity index (χ0) is 28.2. The lowest BCUT2D eigenvalue weighted by Crippen LogP contribution is -2.40. The highest BCUT2D eigenvalue weighted by Gasteiger charge is 2.35. The van der Waals surface area contributed by atoms with Gasteiger partial charge in [-0.2, -0.15) is 0 Å². The minimum Gasteiger partial charge on any atom is -0.390 e. The molecule has 0 bridgehead atoms. The summed E-state index contributed by atoms with van der Waals surface area (Å²) in [6.07, 6.45) is 8.44. The van der Waals surface area contributed by atoms with Crippen molar-refractivity contribution >= 4 is 0 Å². The highest BCUT2D eigenvalue weighted by molar-refractivity contribution is 5.65. The van der Waals surface area contributed by atoms with Gasteiger partial charge in [-0.15, -0.1) is 12.3 Å². The second-order valence-corrected chi connectivity index (χ2v) is 9.87. The molecular formula is C33H40N4O. The van der Waals surface area contributed by atoms with E-state index in [2.05, 4.69) is 53.1 Å². The normalized spacial score (nSPS) is 10.8. The average molecular weight is 509 g/mol. The van der Waals surface area contributed by atoms with E-state index in [1.807, 2.05) is 93.6 Å². The van der Waals surface area contributed by atoms with Gasteiger partial charge in [0.2, 0.25) is 0 Å². The van der Waals surface area contributed by atoms with Gasteiger partial charge in [0.1, 0.15) is 5.69 Å². The maximum atomic E-state index is 9.74. The maximum Gasteiger partial charge on any atom is 0.182 e. The molecule has 4 rings (SSSR count). The van der Waals surface area contributed by atoms with Crippen LogP contribution in [-0.2, 0) is 0 Å². The number of terminal acetylenes is 1. The fraction of sp³-hybridized carbons (Fsp3) is 0.333. The lowest BCUT2D eigenvalue weighted by atomic mass is 9.71. The topological polar surface area (TPSA) is 71.8 Å². The van der Waals surface area contributed by atoms with Crippen molar-refractivity contribution in [3.63, 3.8) is 0 Å². The SMILES string of the molecule is C#CC.CCC(C)(CC)C(C)(C)O.Cc1ccnc(-c2nc(-c3ccccc3)nc(-c3ccccc3)n2)c1. The molecule has 0 aliphatic carbocycles. The Balaban J connectivity index is 0.000000329. The third-order valence-electron chi connectivity index (χ3n) is 6.88. The number of aryl methyl sites for hydroxylation is 1. The van der Waals surface area contributed by atoms with Crippen LogP contribution >= 0.6 is 0 Å². The van der Waals surface area contributed by atoms with E-state index in [-0.39, 0.29) is 5.41 Å². The van der Waals surface area contributed by atoms with Crippen LogP contribution in [-0.4, -0.2) is 30.6 Å². The Morgan fingerprint density at radius 2 is 1.18 bits per heavy atom. The van der Waals surface area contributed by atoms with E-state index in [0.29, 0.717) is 17.5 Å². The van der Waals surface area contributed by atoms with Crippen molar-refractivity contribution in [3.8, 4) is 46.6 Å². The molecule has 2 heterocycles. The highest BCUT2D eigenvalue weighted by atomic mass is 16.3. The zero-order valence-electron chi connectivity index (χ0n) is 23.7. The first kappa shape index (κ1) is 30.3. The molecule has 0 aliphatic rings. The summed E-state index contributed by atoms with van der Waals surface area (Å²) in [6.45, 7) is 13.8. The van der Waals surface area contributed by atoms with Crippen LogP contribution in [0.15, 0.2) is 79.0 Å².